The number of rotatable bonds is 5. The maximum atomic E-state index is 2.48. The molecule has 3 nitrogen and oxygen atoms in total. The van der Waals surface area contributed by atoms with Gasteiger partial charge in [0.15, 0.2) is 6.17 Å². The van der Waals surface area contributed by atoms with Gasteiger partial charge >= 0.3 is 0 Å². The normalized spacial score (nSPS) is 18.2. The summed E-state index contributed by atoms with van der Waals surface area (Å²) < 4.78 is 0. The molecule has 0 aliphatic carbocycles. The topological polar surface area (TPSA) is 23.1 Å². The highest BCUT2D eigenvalue weighted by atomic mass is 35.5. The van der Waals surface area contributed by atoms with Crippen LogP contribution in [-0.4, -0.2) is 28.3 Å². The molecule has 0 unspecified atom stereocenters. The number of halogens is 2. The van der Waals surface area contributed by atoms with Gasteiger partial charge in [-0.2, -0.15) is 5.53 Å². The summed E-state index contributed by atoms with van der Waals surface area (Å²) in [6, 6.07) is 1.29. The molecule has 1 heterocycles. The van der Waals surface area contributed by atoms with E-state index in [1.807, 2.05) is 0 Å². The van der Waals surface area contributed by atoms with E-state index in [0.717, 1.165) is 0 Å². The van der Waals surface area contributed by atoms with E-state index in [2.05, 4.69) is 50.2 Å². The highest BCUT2D eigenvalue weighted by molar-refractivity contribution is 4.71. The lowest BCUT2D eigenvalue weighted by Crippen LogP contribution is -3.16. The summed E-state index contributed by atoms with van der Waals surface area (Å²) in [7, 11) is 0. The Labute approximate surface area is 113 Å². The van der Waals surface area contributed by atoms with Gasteiger partial charge in [0.2, 0.25) is 0 Å². The van der Waals surface area contributed by atoms with Gasteiger partial charge < -0.3 is 24.8 Å². The smallest absolute Gasteiger partial charge is 0.161 e. The van der Waals surface area contributed by atoms with Gasteiger partial charge in [0, 0.05) is 0 Å². The van der Waals surface area contributed by atoms with Crippen molar-refractivity contribution in [2.75, 3.05) is 0 Å². The number of hydrogen-bond acceptors (Lipinski definition) is 2. The monoisotopic (exact) mass is 270 g/mol. The maximum Gasteiger partial charge on any atom is 0.161 e. The second-order valence-corrected chi connectivity index (χ2v) is 4.82. The van der Waals surface area contributed by atoms with Crippen LogP contribution in [0.1, 0.15) is 53.9 Å². The van der Waals surface area contributed by atoms with Crippen molar-refractivity contribution in [3.05, 3.63) is 0 Å². The third-order valence-corrected chi connectivity index (χ3v) is 2.96. The molecule has 1 rings (SSSR count). The van der Waals surface area contributed by atoms with E-state index in [9.17, 15) is 0 Å². The largest absolute Gasteiger partial charge is 1.00 e. The van der Waals surface area contributed by atoms with Gasteiger partial charge in [-0.05, 0) is 34.1 Å². The van der Waals surface area contributed by atoms with E-state index >= 15 is 0 Å². The van der Waals surface area contributed by atoms with E-state index in [1.165, 1.54) is 19.3 Å². The van der Waals surface area contributed by atoms with Crippen molar-refractivity contribution >= 4 is 0 Å². The third-order valence-electron chi connectivity index (χ3n) is 2.96. The Bertz CT molecular complexity index is 163. The molecule has 0 spiro atoms. The molecule has 2 N–H and O–H groups in total. The first-order valence-electron chi connectivity index (χ1n) is 5.97. The molecule has 0 amide bonds. The molecular formula is C11H26Cl2N3-. The predicted octanol–water partition coefficient (Wildman–Crippen LogP) is -4.66. The van der Waals surface area contributed by atoms with Crippen molar-refractivity contribution in [1.82, 2.24) is 10.0 Å². The summed E-state index contributed by atoms with van der Waals surface area (Å²) in [6.45, 7) is 11.3. The minimum Gasteiger partial charge on any atom is -1.00 e. The molecule has 16 heavy (non-hydrogen) atoms. The molecule has 0 aromatic rings. The SMILES string of the molecule is CCCCC1N(C(C)C)[NH2+]N1C(C)C.[Cl-].[Cl-]. The summed E-state index contributed by atoms with van der Waals surface area (Å²) >= 11 is 0. The number of nitrogens with two attached hydrogens (primary N) is 1. The summed E-state index contributed by atoms with van der Waals surface area (Å²) in [5.74, 6) is 0. The molecule has 0 radical (unpaired) electrons. The van der Waals surface area contributed by atoms with Crippen LogP contribution in [0.4, 0.5) is 0 Å². The first-order valence-corrected chi connectivity index (χ1v) is 5.97. The summed E-state index contributed by atoms with van der Waals surface area (Å²) in [5.41, 5.74) is 2.29. The fourth-order valence-corrected chi connectivity index (χ4v) is 2.03. The quantitative estimate of drug-likeness (QED) is 0.508. The van der Waals surface area contributed by atoms with Crippen molar-refractivity contribution in [3.8, 4) is 0 Å². The number of hydrogen-bond donors (Lipinski definition) is 1. The average Bonchev–Trinajstić information content (AvgIpc) is 2.01. The molecule has 1 aliphatic heterocycles. The summed E-state index contributed by atoms with van der Waals surface area (Å²) in [6.07, 6.45) is 4.61. The van der Waals surface area contributed by atoms with E-state index in [4.69, 9.17) is 0 Å². The lowest BCUT2D eigenvalue weighted by molar-refractivity contribution is -1.02. The minimum absolute atomic E-state index is 0. The van der Waals surface area contributed by atoms with Crippen LogP contribution in [0.25, 0.3) is 0 Å². The fraction of sp³-hybridized carbons (Fsp3) is 1.00. The number of quaternary nitrogens is 1. The fourth-order valence-electron chi connectivity index (χ4n) is 2.03. The Balaban J connectivity index is 0. The molecule has 0 saturated carbocycles. The average molecular weight is 271 g/mol. The van der Waals surface area contributed by atoms with Crippen molar-refractivity contribution < 1.29 is 30.3 Å². The first-order chi connectivity index (χ1) is 6.57. The van der Waals surface area contributed by atoms with Crippen molar-refractivity contribution in [2.24, 2.45) is 0 Å². The zero-order chi connectivity index (χ0) is 10.7. The van der Waals surface area contributed by atoms with Crippen LogP contribution in [-0.2, 0) is 0 Å². The van der Waals surface area contributed by atoms with E-state index in [-0.39, 0.29) is 24.8 Å². The van der Waals surface area contributed by atoms with Crippen molar-refractivity contribution in [1.29, 1.82) is 0 Å². The zero-order valence-electron chi connectivity index (χ0n) is 11.1. The Morgan fingerprint density at radius 3 is 1.75 bits per heavy atom. The van der Waals surface area contributed by atoms with Crippen LogP contribution < -0.4 is 30.3 Å². The molecule has 1 saturated heterocycles. The summed E-state index contributed by atoms with van der Waals surface area (Å²) in [5, 5.41) is 4.96. The van der Waals surface area contributed by atoms with Gasteiger partial charge in [0.1, 0.15) is 0 Å². The van der Waals surface area contributed by atoms with E-state index < -0.39 is 0 Å². The third kappa shape index (κ3) is 4.38. The van der Waals surface area contributed by atoms with Crippen LogP contribution in [0.2, 0.25) is 0 Å². The minimum atomic E-state index is 0. The molecule has 0 aromatic heterocycles. The molecule has 100 valence electrons. The lowest BCUT2D eigenvalue weighted by Gasteiger charge is -2.49. The van der Waals surface area contributed by atoms with Crippen LogP contribution in [0.3, 0.4) is 0 Å². The molecule has 0 bridgehead atoms. The molecular weight excluding hydrogens is 245 g/mol. The van der Waals surface area contributed by atoms with Gasteiger partial charge in [-0.1, -0.05) is 19.8 Å². The Hall–Kier alpha value is 0.460. The number of unbranched alkanes of at least 4 members (excludes halogenated alkanes) is 1. The zero-order valence-corrected chi connectivity index (χ0v) is 12.6. The van der Waals surface area contributed by atoms with Crippen LogP contribution >= 0.6 is 0 Å². The highest BCUT2D eigenvalue weighted by Crippen LogP contribution is 2.17. The lowest BCUT2D eigenvalue weighted by atomic mass is 10.1. The maximum absolute atomic E-state index is 2.48. The Morgan fingerprint density at radius 1 is 1.00 bits per heavy atom. The van der Waals surface area contributed by atoms with E-state index in [0.29, 0.717) is 18.2 Å². The van der Waals surface area contributed by atoms with Crippen LogP contribution in [0.15, 0.2) is 0 Å². The standard InChI is InChI=1S/C11H25N3.2ClH/c1-6-7-8-11-13(9(2)3)12-14(11)10(4)5;;/h9-12H,6-8H2,1-5H3;2*1H/p-1. The Kier molecular flexibility index (Phi) is 10.0. The number of nitrogens with zero attached hydrogens (tertiary/aromatic N) is 2. The first kappa shape index (κ1) is 18.8. The molecule has 1 aliphatic rings. The predicted molar refractivity (Wildman–Crippen MR) is 59.2 cm³/mol. The van der Waals surface area contributed by atoms with Gasteiger partial charge in [-0.15, -0.1) is 10.0 Å². The second kappa shape index (κ2) is 8.54. The molecule has 1 fully saturated rings. The van der Waals surface area contributed by atoms with Crippen LogP contribution in [0, 0.1) is 0 Å². The Morgan fingerprint density at radius 2 is 1.44 bits per heavy atom. The van der Waals surface area contributed by atoms with Gasteiger partial charge in [0.05, 0.1) is 12.1 Å². The van der Waals surface area contributed by atoms with Gasteiger partial charge in [-0.3, -0.25) is 0 Å². The second-order valence-electron chi connectivity index (χ2n) is 4.82. The van der Waals surface area contributed by atoms with E-state index in [1.54, 1.807) is 0 Å². The molecule has 0 atom stereocenters. The molecule has 5 heteroatoms. The van der Waals surface area contributed by atoms with Crippen molar-refractivity contribution in [3.63, 3.8) is 0 Å². The summed E-state index contributed by atoms with van der Waals surface area (Å²) in [4.78, 5) is 0. The van der Waals surface area contributed by atoms with Crippen molar-refractivity contribution in [2.45, 2.75) is 72.1 Å². The molecule has 0 aromatic carbocycles. The van der Waals surface area contributed by atoms with Crippen LogP contribution in [0.5, 0.6) is 0 Å². The van der Waals surface area contributed by atoms with Gasteiger partial charge in [0.25, 0.3) is 0 Å². The van der Waals surface area contributed by atoms with Gasteiger partial charge in [-0.25, -0.2) is 0 Å². The highest BCUT2D eigenvalue weighted by Gasteiger charge is 2.44.